The van der Waals surface area contributed by atoms with Crippen LogP contribution in [0.4, 0.5) is 19.0 Å². The average Bonchev–Trinajstić information content (AvgIpc) is 2.27. The summed E-state index contributed by atoms with van der Waals surface area (Å²) >= 11 is 0. The molecule has 1 rings (SSSR count). The maximum atomic E-state index is 12.0. The fraction of sp³-hybridized carbons (Fsp3) is 0.636. The van der Waals surface area contributed by atoms with E-state index in [2.05, 4.69) is 15.3 Å². The second-order valence-corrected chi connectivity index (χ2v) is 3.72. The lowest BCUT2D eigenvalue weighted by molar-refractivity contribution is -0.139. The van der Waals surface area contributed by atoms with Crippen molar-refractivity contribution in [3.8, 4) is 5.88 Å². The molecule has 0 saturated heterocycles. The summed E-state index contributed by atoms with van der Waals surface area (Å²) in [7, 11) is 1.68. The van der Waals surface area contributed by atoms with Gasteiger partial charge in [-0.05, 0) is 6.42 Å². The predicted octanol–water partition coefficient (Wildman–Crippen LogP) is 2.80. The zero-order chi connectivity index (χ0) is 13.6. The van der Waals surface area contributed by atoms with Gasteiger partial charge in [-0.15, -0.1) is 0 Å². The summed E-state index contributed by atoms with van der Waals surface area (Å²) in [4.78, 5) is 8.22. The first-order chi connectivity index (χ1) is 8.44. The van der Waals surface area contributed by atoms with E-state index < -0.39 is 19.2 Å². The van der Waals surface area contributed by atoms with E-state index in [1.807, 2.05) is 6.92 Å². The molecular weight excluding hydrogens is 247 g/mol. The summed E-state index contributed by atoms with van der Waals surface area (Å²) in [5.41, 5.74) is 0. The van der Waals surface area contributed by atoms with Crippen molar-refractivity contribution in [1.29, 1.82) is 0 Å². The van der Waals surface area contributed by atoms with Crippen LogP contribution in [0, 0.1) is 0 Å². The van der Waals surface area contributed by atoms with Gasteiger partial charge in [0.05, 0.1) is 13.0 Å². The molecule has 0 aliphatic rings. The number of aryl methyl sites for hydroxylation is 1. The second kappa shape index (κ2) is 6.42. The SMILES string of the molecule is CCCc1nc(NC)cc(OCCC(F)(F)F)n1. The third-order valence-corrected chi connectivity index (χ3v) is 2.11. The lowest BCUT2D eigenvalue weighted by Crippen LogP contribution is -2.14. The molecule has 102 valence electrons. The van der Waals surface area contributed by atoms with E-state index in [1.165, 1.54) is 6.07 Å². The first-order valence-electron chi connectivity index (χ1n) is 5.70. The predicted molar refractivity (Wildman–Crippen MR) is 61.7 cm³/mol. The van der Waals surface area contributed by atoms with Gasteiger partial charge in [0, 0.05) is 19.5 Å². The molecule has 18 heavy (non-hydrogen) atoms. The summed E-state index contributed by atoms with van der Waals surface area (Å²) in [6, 6.07) is 1.48. The van der Waals surface area contributed by atoms with Crippen molar-refractivity contribution < 1.29 is 17.9 Å². The van der Waals surface area contributed by atoms with Gasteiger partial charge in [-0.3, -0.25) is 0 Å². The molecule has 1 aromatic rings. The van der Waals surface area contributed by atoms with Gasteiger partial charge >= 0.3 is 6.18 Å². The smallest absolute Gasteiger partial charge is 0.392 e. The molecule has 0 spiro atoms. The number of nitrogens with zero attached hydrogens (tertiary/aromatic N) is 2. The molecule has 0 atom stereocenters. The first-order valence-corrected chi connectivity index (χ1v) is 5.70. The lowest BCUT2D eigenvalue weighted by atomic mass is 10.3. The van der Waals surface area contributed by atoms with Crippen LogP contribution in [-0.2, 0) is 6.42 Å². The quantitative estimate of drug-likeness (QED) is 0.857. The van der Waals surface area contributed by atoms with Crippen LogP contribution in [0.3, 0.4) is 0 Å². The number of alkyl halides is 3. The van der Waals surface area contributed by atoms with E-state index in [0.717, 1.165) is 6.42 Å². The summed E-state index contributed by atoms with van der Waals surface area (Å²) in [5, 5.41) is 2.82. The monoisotopic (exact) mass is 263 g/mol. The molecule has 1 aromatic heterocycles. The van der Waals surface area contributed by atoms with Gasteiger partial charge in [0.2, 0.25) is 5.88 Å². The highest BCUT2D eigenvalue weighted by Crippen LogP contribution is 2.20. The van der Waals surface area contributed by atoms with E-state index >= 15 is 0 Å². The number of nitrogens with one attached hydrogen (secondary N) is 1. The van der Waals surface area contributed by atoms with Gasteiger partial charge in [0.1, 0.15) is 11.6 Å². The van der Waals surface area contributed by atoms with Crippen LogP contribution in [0.15, 0.2) is 6.07 Å². The molecule has 1 heterocycles. The van der Waals surface area contributed by atoms with Gasteiger partial charge in [-0.25, -0.2) is 4.98 Å². The highest BCUT2D eigenvalue weighted by molar-refractivity contribution is 5.37. The lowest BCUT2D eigenvalue weighted by Gasteiger charge is -2.10. The van der Waals surface area contributed by atoms with Crippen molar-refractivity contribution in [2.75, 3.05) is 19.0 Å². The third kappa shape index (κ3) is 5.20. The van der Waals surface area contributed by atoms with Crippen molar-refractivity contribution in [3.05, 3.63) is 11.9 Å². The normalized spacial score (nSPS) is 11.4. The minimum Gasteiger partial charge on any atom is -0.477 e. The summed E-state index contributed by atoms with van der Waals surface area (Å²) in [6.07, 6.45) is -3.69. The van der Waals surface area contributed by atoms with Crippen LogP contribution in [0.5, 0.6) is 5.88 Å². The summed E-state index contributed by atoms with van der Waals surface area (Å²) in [5.74, 6) is 1.27. The fourth-order valence-corrected chi connectivity index (χ4v) is 1.28. The molecular formula is C11H16F3N3O. The zero-order valence-electron chi connectivity index (χ0n) is 10.3. The molecule has 0 radical (unpaired) electrons. The van der Waals surface area contributed by atoms with Crippen LogP contribution in [0.2, 0.25) is 0 Å². The van der Waals surface area contributed by atoms with E-state index in [-0.39, 0.29) is 5.88 Å². The van der Waals surface area contributed by atoms with Crippen molar-refractivity contribution in [3.63, 3.8) is 0 Å². The van der Waals surface area contributed by atoms with Gasteiger partial charge in [0.25, 0.3) is 0 Å². The van der Waals surface area contributed by atoms with Crippen molar-refractivity contribution in [1.82, 2.24) is 9.97 Å². The van der Waals surface area contributed by atoms with Gasteiger partial charge in [0.15, 0.2) is 0 Å². The Labute approximate surface area is 104 Å². The second-order valence-electron chi connectivity index (χ2n) is 3.72. The Hall–Kier alpha value is -1.53. The van der Waals surface area contributed by atoms with Crippen LogP contribution in [0.25, 0.3) is 0 Å². The Morgan fingerprint density at radius 3 is 2.61 bits per heavy atom. The molecule has 0 unspecified atom stereocenters. The number of rotatable bonds is 6. The minimum absolute atomic E-state index is 0.169. The molecule has 0 aliphatic heterocycles. The maximum absolute atomic E-state index is 12.0. The molecule has 1 N–H and O–H groups in total. The Kier molecular flexibility index (Phi) is 5.18. The standard InChI is InChI=1S/C11H16F3N3O/c1-3-4-8-16-9(15-2)7-10(17-8)18-6-5-11(12,13)14/h7H,3-6H2,1-2H3,(H,15,16,17). The Morgan fingerprint density at radius 2 is 2.06 bits per heavy atom. The number of halogens is 3. The largest absolute Gasteiger partial charge is 0.477 e. The first kappa shape index (κ1) is 14.5. The number of anilines is 1. The van der Waals surface area contributed by atoms with Crippen molar-refractivity contribution in [2.24, 2.45) is 0 Å². The van der Waals surface area contributed by atoms with Crippen molar-refractivity contribution in [2.45, 2.75) is 32.4 Å². The number of hydrogen-bond donors (Lipinski definition) is 1. The topological polar surface area (TPSA) is 47.0 Å². The van der Waals surface area contributed by atoms with Crippen LogP contribution in [-0.4, -0.2) is 29.8 Å². The van der Waals surface area contributed by atoms with E-state index in [1.54, 1.807) is 7.05 Å². The summed E-state index contributed by atoms with van der Waals surface area (Å²) in [6.45, 7) is 1.54. The Morgan fingerprint density at radius 1 is 1.33 bits per heavy atom. The molecule has 7 heteroatoms. The van der Waals surface area contributed by atoms with E-state index in [4.69, 9.17) is 4.74 Å². The van der Waals surface area contributed by atoms with Gasteiger partial charge in [-0.1, -0.05) is 6.92 Å². The van der Waals surface area contributed by atoms with E-state index in [9.17, 15) is 13.2 Å². The molecule has 4 nitrogen and oxygen atoms in total. The molecule has 0 fully saturated rings. The molecule has 0 bridgehead atoms. The maximum Gasteiger partial charge on any atom is 0.392 e. The zero-order valence-corrected chi connectivity index (χ0v) is 10.3. The molecule has 0 amide bonds. The Bertz CT molecular complexity index is 382. The van der Waals surface area contributed by atoms with Crippen molar-refractivity contribution >= 4 is 5.82 Å². The highest BCUT2D eigenvalue weighted by atomic mass is 19.4. The molecule has 0 aliphatic carbocycles. The number of hydrogen-bond acceptors (Lipinski definition) is 4. The van der Waals surface area contributed by atoms with Crippen LogP contribution < -0.4 is 10.1 Å². The number of ether oxygens (including phenoxy) is 1. The Balaban J connectivity index is 2.66. The van der Waals surface area contributed by atoms with Gasteiger partial charge < -0.3 is 10.1 Å². The van der Waals surface area contributed by atoms with Gasteiger partial charge in [-0.2, -0.15) is 18.2 Å². The third-order valence-electron chi connectivity index (χ3n) is 2.11. The van der Waals surface area contributed by atoms with E-state index in [0.29, 0.717) is 18.1 Å². The highest BCUT2D eigenvalue weighted by Gasteiger charge is 2.26. The minimum atomic E-state index is -4.22. The summed E-state index contributed by atoms with van der Waals surface area (Å²) < 4.78 is 40.9. The van der Waals surface area contributed by atoms with Crippen LogP contribution in [0.1, 0.15) is 25.6 Å². The molecule has 0 saturated carbocycles. The number of aromatic nitrogens is 2. The van der Waals surface area contributed by atoms with Crippen LogP contribution >= 0.6 is 0 Å². The fourth-order valence-electron chi connectivity index (χ4n) is 1.28. The molecule has 0 aromatic carbocycles. The average molecular weight is 263 g/mol.